The molecule has 0 bridgehead atoms. The molecule has 7 nitrogen and oxygen atoms in total. The van der Waals surface area contributed by atoms with E-state index in [1.165, 1.54) is 4.90 Å². The molecule has 3 fully saturated rings. The molecule has 158 valence electrons. The van der Waals surface area contributed by atoms with Crippen molar-refractivity contribution in [2.75, 3.05) is 19.8 Å². The first-order chi connectivity index (χ1) is 13.1. The van der Waals surface area contributed by atoms with Crippen molar-refractivity contribution in [2.45, 2.75) is 83.8 Å². The monoisotopic (exact) mass is 395 g/mol. The van der Waals surface area contributed by atoms with E-state index in [-0.39, 0.29) is 17.8 Å². The number of amides is 2. The smallest absolute Gasteiger partial charge is 0.417 e. The second-order valence-corrected chi connectivity index (χ2v) is 9.44. The van der Waals surface area contributed by atoms with Gasteiger partial charge in [0.25, 0.3) is 0 Å². The molecule has 0 unspecified atom stereocenters. The van der Waals surface area contributed by atoms with Gasteiger partial charge >= 0.3 is 12.1 Å². The van der Waals surface area contributed by atoms with Gasteiger partial charge in [-0.3, -0.25) is 9.59 Å². The van der Waals surface area contributed by atoms with Crippen LogP contribution in [0, 0.1) is 11.3 Å². The summed E-state index contributed by atoms with van der Waals surface area (Å²) in [5.74, 6) is -0.460. The highest BCUT2D eigenvalue weighted by molar-refractivity contribution is 5.99. The second kappa shape index (κ2) is 7.65. The highest BCUT2D eigenvalue weighted by atomic mass is 16.6. The maximum Gasteiger partial charge on any atom is 0.417 e. The van der Waals surface area contributed by atoms with Crippen LogP contribution in [-0.2, 0) is 23.8 Å². The Bertz CT molecular complexity index is 623. The Morgan fingerprint density at radius 1 is 1.14 bits per heavy atom. The molecule has 0 N–H and O–H groups in total. The largest absolute Gasteiger partial charge is 0.466 e. The SMILES string of the molecule is CCOC(=O)C1CCC2(CC1)CC1(CCOCC1)C(=O)N2C(=O)OC(C)(C)C. The molecule has 0 aromatic rings. The molecule has 0 radical (unpaired) electrons. The summed E-state index contributed by atoms with van der Waals surface area (Å²) in [5.41, 5.74) is -1.79. The van der Waals surface area contributed by atoms with Gasteiger partial charge in [0.1, 0.15) is 5.60 Å². The molecule has 0 atom stereocenters. The average molecular weight is 395 g/mol. The lowest BCUT2D eigenvalue weighted by atomic mass is 9.68. The molecular weight excluding hydrogens is 362 g/mol. The number of rotatable bonds is 2. The summed E-state index contributed by atoms with van der Waals surface area (Å²) in [6.07, 6.45) is 3.82. The van der Waals surface area contributed by atoms with Crippen LogP contribution in [0.4, 0.5) is 4.79 Å². The van der Waals surface area contributed by atoms with Crippen molar-refractivity contribution in [3.05, 3.63) is 0 Å². The number of hydrogen-bond donors (Lipinski definition) is 0. The van der Waals surface area contributed by atoms with Crippen LogP contribution in [-0.4, -0.2) is 53.8 Å². The summed E-state index contributed by atoms with van der Waals surface area (Å²) >= 11 is 0. The maximum absolute atomic E-state index is 13.5. The Kier molecular flexibility index (Phi) is 5.76. The zero-order chi connectivity index (χ0) is 20.6. The van der Waals surface area contributed by atoms with E-state index in [0.29, 0.717) is 64.8 Å². The van der Waals surface area contributed by atoms with Gasteiger partial charge in [-0.2, -0.15) is 0 Å². The molecule has 1 aliphatic carbocycles. The summed E-state index contributed by atoms with van der Waals surface area (Å²) in [6, 6.07) is 0. The number of ether oxygens (including phenoxy) is 3. The second-order valence-electron chi connectivity index (χ2n) is 9.44. The Labute approximate surface area is 167 Å². The summed E-state index contributed by atoms with van der Waals surface area (Å²) in [5, 5.41) is 0. The van der Waals surface area contributed by atoms with E-state index >= 15 is 0 Å². The van der Waals surface area contributed by atoms with Crippen molar-refractivity contribution in [2.24, 2.45) is 11.3 Å². The zero-order valence-electron chi connectivity index (χ0n) is 17.5. The number of imide groups is 1. The van der Waals surface area contributed by atoms with Gasteiger partial charge in [-0.25, -0.2) is 9.69 Å². The average Bonchev–Trinajstić information content (AvgIpc) is 2.83. The van der Waals surface area contributed by atoms with Gasteiger partial charge in [-0.05, 0) is 72.6 Å². The summed E-state index contributed by atoms with van der Waals surface area (Å²) in [7, 11) is 0. The quantitative estimate of drug-likeness (QED) is 0.666. The van der Waals surface area contributed by atoms with Crippen LogP contribution < -0.4 is 0 Å². The van der Waals surface area contributed by atoms with Gasteiger partial charge in [0.2, 0.25) is 5.91 Å². The molecular formula is C21H33NO6. The standard InChI is InChI=1S/C21H33NO6/c1-5-27-16(23)15-6-8-21(9-7-15)14-20(10-12-26-13-11-20)17(24)22(21)18(25)28-19(2,3)4/h15H,5-14H2,1-4H3. The van der Waals surface area contributed by atoms with Gasteiger partial charge in [-0.15, -0.1) is 0 Å². The fraction of sp³-hybridized carbons (Fsp3) is 0.857. The Balaban J connectivity index is 1.85. The van der Waals surface area contributed by atoms with Gasteiger partial charge in [0, 0.05) is 13.2 Å². The minimum absolute atomic E-state index is 0.125. The molecule has 2 amide bonds. The highest BCUT2D eigenvalue weighted by Gasteiger charge is 2.62. The fourth-order valence-corrected chi connectivity index (χ4v) is 5.03. The van der Waals surface area contributed by atoms with Gasteiger partial charge < -0.3 is 14.2 Å². The summed E-state index contributed by atoms with van der Waals surface area (Å²) in [6.45, 7) is 8.66. The van der Waals surface area contributed by atoms with Gasteiger partial charge in [0.05, 0.1) is 23.5 Å². The normalized spacial score (nSPS) is 29.9. The maximum atomic E-state index is 13.5. The van der Waals surface area contributed by atoms with Crippen molar-refractivity contribution in [3.8, 4) is 0 Å². The first-order valence-corrected chi connectivity index (χ1v) is 10.4. The van der Waals surface area contributed by atoms with Crippen LogP contribution in [0.3, 0.4) is 0 Å². The topological polar surface area (TPSA) is 82.1 Å². The van der Waals surface area contributed by atoms with Crippen LogP contribution in [0.25, 0.3) is 0 Å². The molecule has 1 saturated carbocycles. The minimum atomic E-state index is -0.674. The molecule has 28 heavy (non-hydrogen) atoms. The van der Waals surface area contributed by atoms with Crippen molar-refractivity contribution in [1.29, 1.82) is 0 Å². The van der Waals surface area contributed by atoms with Crippen LogP contribution >= 0.6 is 0 Å². The van der Waals surface area contributed by atoms with Crippen LogP contribution in [0.2, 0.25) is 0 Å². The van der Waals surface area contributed by atoms with E-state index in [0.717, 1.165) is 0 Å². The minimum Gasteiger partial charge on any atom is -0.466 e. The molecule has 7 heteroatoms. The van der Waals surface area contributed by atoms with Crippen molar-refractivity contribution >= 4 is 18.0 Å². The number of carbonyl (C=O) groups excluding carboxylic acids is 3. The predicted octanol–water partition coefficient (Wildman–Crippen LogP) is 3.44. The molecule has 0 aromatic carbocycles. The molecule has 3 rings (SSSR count). The van der Waals surface area contributed by atoms with Crippen LogP contribution in [0.15, 0.2) is 0 Å². The number of likely N-dealkylation sites (tertiary alicyclic amines) is 1. The Morgan fingerprint density at radius 3 is 2.29 bits per heavy atom. The third kappa shape index (κ3) is 3.91. The zero-order valence-corrected chi connectivity index (χ0v) is 17.5. The van der Waals surface area contributed by atoms with Crippen molar-refractivity contribution < 1.29 is 28.6 Å². The Hall–Kier alpha value is -1.63. The molecule has 0 aromatic heterocycles. The number of hydrogen-bond acceptors (Lipinski definition) is 6. The van der Waals surface area contributed by atoms with E-state index in [9.17, 15) is 14.4 Å². The number of nitrogens with zero attached hydrogens (tertiary/aromatic N) is 1. The molecule has 2 heterocycles. The van der Waals surface area contributed by atoms with E-state index < -0.39 is 22.6 Å². The molecule has 2 saturated heterocycles. The van der Waals surface area contributed by atoms with Crippen LogP contribution in [0.5, 0.6) is 0 Å². The molecule has 2 spiro atoms. The van der Waals surface area contributed by atoms with Crippen LogP contribution in [0.1, 0.15) is 72.6 Å². The third-order valence-corrected chi connectivity index (χ3v) is 6.36. The lowest BCUT2D eigenvalue weighted by Crippen LogP contribution is -2.53. The predicted molar refractivity (Wildman–Crippen MR) is 102 cm³/mol. The molecule has 3 aliphatic rings. The van der Waals surface area contributed by atoms with E-state index in [4.69, 9.17) is 14.2 Å². The highest BCUT2D eigenvalue weighted by Crippen LogP contribution is 2.55. The fourth-order valence-electron chi connectivity index (χ4n) is 5.03. The first kappa shape index (κ1) is 21.1. The number of carbonyl (C=O) groups is 3. The van der Waals surface area contributed by atoms with Gasteiger partial charge in [0.15, 0.2) is 0 Å². The summed E-state index contributed by atoms with van der Waals surface area (Å²) < 4.78 is 16.3. The molecule has 2 aliphatic heterocycles. The third-order valence-electron chi connectivity index (χ3n) is 6.36. The van der Waals surface area contributed by atoms with Crippen molar-refractivity contribution in [1.82, 2.24) is 4.90 Å². The van der Waals surface area contributed by atoms with Crippen molar-refractivity contribution in [3.63, 3.8) is 0 Å². The summed E-state index contributed by atoms with van der Waals surface area (Å²) in [4.78, 5) is 40.1. The lowest BCUT2D eigenvalue weighted by molar-refractivity contribution is -0.150. The van der Waals surface area contributed by atoms with Gasteiger partial charge in [-0.1, -0.05) is 0 Å². The number of esters is 1. The van der Waals surface area contributed by atoms with E-state index in [1.807, 2.05) is 0 Å². The van der Waals surface area contributed by atoms with E-state index in [1.54, 1.807) is 27.7 Å². The first-order valence-electron chi connectivity index (χ1n) is 10.4. The lowest BCUT2D eigenvalue weighted by Gasteiger charge is -2.42. The Morgan fingerprint density at radius 2 is 1.75 bits per heavy atom. The van der Waals surface area contributed by atoms with E-state index in [2.05, 4.69) is 0 Å².